The average molecular weight is 250 g/mol. The highest BCUT2D eigenvalue weighted by atomic mass is 35.5. The SMILES string of the molecule is NC(Cc1ccc(OCl)cc1)C(=O)OCl. The van der Waals surface area contributed by atoms with Gasteiger partial charge in [-0.15, -0.1) is 0 Å². The Morgan fingerprint density at radius 2 is 1.93 bits per heavy atom. The predicted molar refractivity (Wildman–Crippen MR) is 56.5 cm³/mol. The Hall–Kier alpha value is -0.970. The van der Waals surface area contributed by atoms with E-state index in [9.17, 15) is 4.79 Å². The minimum absolute atomic E-state index is 0.341. The molecule has 1 rings (SSSR count). The molecular formula is C9H9Cl2NO3. The first-order valence-electron chi connectivity index (χ1n) is 4.13. The standard InChI is InChI=1S/C9H9Cl2NO3/c10-14-7-3-1-6(2-4-7)5-8(12)9(13)15-11/h1-4,8H,5,12H2. The van der Waals surface area contributed by atoms with Crippen LogP contribution in [-0.4, -0.2) is 12.0 Å². The smallest absolute Gasteiger partial charge is 0.341 e. The zero-order valence-electron chi connectivity index (χ0n) is 7.65. The molecule has 0 spiro atoms. The molecule has 2 N–H and O–H groups in total. The summed E-state index contributed by atoms with van der Waals surface area (Å²) in [6.45, 7) is 0. The van der Waals surface area contributed by atoms with E-state index >= 15 is 0 Å². The highest BCUT2D eigenvalue weighted by Gasteiger charge is 2.15. The van der Waals surface area contributed by atoms with E-state index in [0.29, 0.717) is 12.2 Å². The molecule has 0 heterocycles. The van der Waals surface area contributed by atoms with Crippen LogP contribution in [0.15, 0.2) is 24.3 Å². The third kappa shape index (κ3) is 3.58. The Kier molecular flexibility index (Phi) is 4.68. The second-order valence-corrected chi connectivity index (χ2v) is 3.24. The van der Waals surface area contributed by atoms with E-state index in [0.717, 1.165) is 5.56 Å². The van der Waals surface area contributed by atoms with Crippen LogP contribution < -0.4 is 10.0 Å². The number of benzene rings is 1. The Morgan fingerprint density at radius 1 is 1.33 bits per heavy atom. The molecule has 4 nitrogen and oxygen atoms in total. The molecule has 0 bridgehead atoms. The van der Waals surface area contributed by atoms with Crippen molar-refractivity contribution in [1.29, 1.82) is 0 Å². The molecule has 0 amide bonds. The van der Waals surface area contributed by atoms with Gasteiger partial charge in [0.05, 0.1) is 0 Å². The summed E-state index contributed by atoms with van der Waals surface area (Å²) in [5.74, 6) is -0.136. The molecule has 0 fully saturated rings. The van der Waals surface area contributed by atoms with Crippen molar-refractivity contribution < 1.29 is 13.4 Å². The lowest BCUT2D eigenvalue weighted by atomic mass is 10.1. The van der Waals surface area contributed by atoms with E-state index < -0.39 is 12.0 Å². The van der Waals surface area contributed by atoms with Gasteiger partial charge in [0.2, 0.25) is 0 Å². The largest absolute Gasteiger partial charge is 0.386 e. The third-order valence-corrected chi connectivity index (χ3v) is 2.18. The number of hydrogen-bond acceptors (Lipinski definition) is 4. The molecule has 0 aliphatic heterocycles. The van der Waals surface area contributed by atoms with Crippen LogP contribution in [0.1, 0.15) is 5.56 Å². The molecule has 0 aliphatic carbocycles. The van der Waals surface area contributed by atoms with E-state index in [2.05, 4.69) is 8.58 Å². The fourth-order valence-electron chi connectivity index (χ4n) is 1.07. The minimum atomic E-state index is -0.773. The van der Waals surface area contributed by atoms with Crippen LogP contribution in [0.2, 0.25) is 0 Å². The van der Waals surface area contributed by atoms with Crippen LogP contribution >= 0.6 is 23.7 Å². The summed E-state index contributed by atoms with van der Waals surface area (Å²) in [6, 6.07) is 6.06. The van der Waals surface area contributed by atoms with E-state index in [1.54, 1.807) is 24.3 Å². The molecule has 6 heteroatoms. The Morgan fingerprint density at radius 3 is 2.40 bits per heavy atom. The molecule has 0 aromatic heterocycles. The van der Waals surface area contributed by atoms with Crippen molar-refractivity contribution in [3.05, 3.63) is 29.8 Å². The molecule has 1 aromatic rings. The lowest BCUT2D eigenvalue weighted by molar-refractivity contribution is -0.135. The second kappa shape index (κ2) is 5.80. The molecule has 0 radical (unpaired) electrons. The fourth-order valence-corrected chi connectivity index (χ4v) is 1.29. The van der Waals surface area contributed by atoms with Crippen molar-refractivity contribution >= 4 is 29.7 Å². The molecule has 15 heavy (non-hydrogen) atoms. The second-order valence-electron chi connectivity index (χ2n) is 2.93. The number of halogens is 2. The van der Waals surface area contributed by atoms with Gasteiger partial charge in [0.15, 0.2) is 0 Å². The summed E-state index contributed by atoms with van der Waals surface area (Å²) < 4.78 is 8.46. The van der Waals surface area contributed by atoms with Gasteiger partial charge in [0, 0.05) is 0 Å². The summed E-state index contributed by atoms with van der Waals surface area (Å²) in [7, 11) is 0. The maximum atomic E-state index is 10.9. The summed E-state index contributed by atoms with van der Waals surface area (Å²) in [5.41, 5.74) is 6.38. The Labute approximate surface area is 97.2 Å². The van der Waals surface area contributed by atoms with Gasteiger partial charge < -0.3 is 14.3 Å². The van der Waals surface area contributed by atoms with E-state index in [1.807, 2.05) is 0 Å². The highest BCUT2D eigenvalue weighted by molar-refractivity contribution is 6.13. The zero-order valence-corrected chi connectivity index (χ0v) is 9.16. The van der Waals surface area contributed by atoms with E-state index in [-0.39, 0.29) is 0 Å². The number of rotatable bonds is 4. The van der Waals surface area contributed by atoms with Crippen molar-refractivity contribution in [3.8, 4) is 5.75 Å². The van der Waals surface area contributed by atoms with E-state index in [1.165, 1.54) is 0 Å². The van der Waals surface area contributed by atoms with Crippen molar-refractivity contribution in [1.82, 2.24) is 0 Å². The van der Waals surface area contributed by atoms with Crippen LogP contribution in [0.3, 0.4) is 0 Å². The van der Waals surface area contributed by atoms with Crippen molar-refractivity contribution in [2.75, 3.05) is 0 Å². The summed E-state index contributed by atoms with van der Waals surface area (Å²) in [6.07, 6.45) is 0.341. The molecule has 0 aliphatic rings. The quantitative estimate of drug-likeness (QED) is 0.884. The van der Waals surface area contributed by atoms with Gasteiger partial charge in [-0.05, 0) is 24.1 Å². The van der Waals surface area contributed by atoms with Crippen LogP contribution in [0.25, 0.3) is 0 Å². The molecule has 0 saturated carbocycles. The molecule has 1 aromatic carbocycles. The number of carbonyl (C=O) groups is 1. The highest BCUT2D eigenvalue weighted by Crippen LogP contribution is 2.14. The number of carbonyl (C=O) groups excluding carboxylic acids is 1. The van der Waals surface area contributed by atoms with Gasteiger partial charge in [-0.25, -0.2) is 4.79 Å². The lowest BCUT2D eigenvalue weighted by Crippen LogP contribution is -2.32. The molecule has 82 valence electrons. The molecular weight excluding hydrogens is 241 g/mol. The van der Waals surface area contributed by atoms with E-state index in [4.69, 9.17) is 29.5 Å². The molecule has 1 unspecified atom stereocenters. The first kappa shape index (κ1) is 12.1. The van der Waals surface area contributed by atoms with Crippen molar-refractivity contribution in [3.63, 3.8) is 0 Å². The van der Waals surface area contributed by atoms with Gasteiger partial charge in [0.25, 0.3) is 0 Å². The Balaban J connectivity index is 2.60. The van der Waals surface area contributed by atoms with Crippen LogP contribution in [0, 0.1) is 0 Å². The van der Waals surface area contributed by atoms with Crippen LogP contribution in [0.4, 0.5) is 0 Å². The summed E-state index contributed by atoms with van der Waals surface area (Å²) in [5, 5.41) is 0. The van der Waals surface area contributed by atoms with Gasteiger partial charge >= 0.3 is 5.97 Å². The molecule has 0 saturated heterocycles. The van der Waals surface area contributed by atoms with Crippen LogP contribution in [-0.2, 0) is 15.5 Å². The van der Waals surface area contributed by atoms with Gasteiger partial charge in [-0.2, -0.15) is 0 Å². The summed E-state index contributed by atoms with van der Waals surface area (Å²) in [4.78, 5) is 10.9. The maximum absolute atomic E-state index is 10.9. The average Bonchev–Trinajstić information content (AvgIpc) is 2.29. The predicted octanol–water partition coefficient (Wildman–Crippen LogP) is 1.79. The van der Waals surface area contributed by atoms with Crippen molar-refractivity contribution in [2.45, 2.75) is 12.5 Å². The topological polar surface area (TPSA) is 61.5 Å². The normalized spacial score (nSPS) is 11.9. The number of hydrogen-bond donors (Lipinski definition) is 1. The van der Waals surface area contributed by atoms with Gasteiger partial charge in [-0.3, -0.25) is 0 Å². The maximum Gasteiger partial charge on any atom is 0.341 e. The first-order valence-corrected chi connectivity index (χ1v) is 4.74. The monoisotopic (exact) mass is 249 g/mol. The molecule has 1 atom stereocenters. The third-order valence-electron chi connectivity index (χ3n) is 1.85. The lowest BCUT2D eigenvalue weighted by Gasteiger charge is -2.07. The fraction of sp³-hybridized carbons (Fsp3) is 0.222. The first-order chi connectivity index (χ1) is 7.17. The van der Waals surface area contributed by atoms with Gasteiger partial charge in [-0.1, -0.05) is 12.1 Å². The zero-order chi connectivity index (χ0) is 11.3. The number of nitrogens with two attached hydrogens (primary N) is 1. The van der Waals surface area contributed by atoms with Crippen LogP contribution in [0.5, 0.6) is 5.75 Å². The summed E-state index contributed by atoms with van der Waals surface area (Å²) >= 11 is 10.0. The Bertz CT molecular complexity index is 329. The minimum Gasteiger partial charge on any atom is -0.386 e. The van der Waals surface area contributed by atoms with Crippen molar-refractivity contribution in [2.24, 2.45) is 5.73 Å². The van der Waals surface area contributed by atoms with Gasteiger partial charge in [0.1, 0.15) is 35.5 Å².